The number of rotatable bonds is 5. The molecule has 18 heavy (non-hydrogen) atoms. The number of aromatic nitrogens is 3. The van der Waals surface area contributed by atoms with Crippen molar-refractivity contribution in [3.63, 3.8) is 0 Å². The highest BCUT2D eigenvalue weighted by atomic mass is 35.5. The van der Waals surface area contributed by atoms with Crippen molar-refractivity contribution < 1.29 is 9.90 Å². The van der Waals surface area contributed by atoms with E-state index < -0.39 is 5.97 Å². The molecule has 1 aromatic carbocycles. The normalized spacial score (nSPS) is 10.5. The number of benzene rings is 1. The topological polar surface area (TPSA) is 78.9 Å². The fourth-order valence-corrected chi connectivity index (χ4v) is 2.14. The highest BCUT2D eigenvalue weighted by Crippen LogP contribution is 2.15. The Morgan fingerprint density at radius 3 is 3.06 bits per heavy atom. The van der Waals surface area contributed by atoms with Crippen LogP contribution in [0.2, 0.25) is 5.02 Å². The van der Waals surface area contributed by atoms with Gasteiger partial charge in [0.15, 0.2) is 0 Å². The molecule has 0 radical (unpaired) electrons. The van der Waals surface area contributed by atoms with Gasteiger partial charge in [-0.15, -0.1) is 5.10 Å². The molecule has 0 aliphatic rings. The quantitative estimate of drug-likeness (QED) is 0.823. The number of halogens is 1. The average Bonchev–Trinajstić information content (AvgIpc) is 2.74. The van der Waals surface area contributed by atoms with E-state index >= 15 is 0 Å². The second kappa shape index (κ2) is 5.88. The highest BCUT2D eigenvalue weighted by molar-refractivity contribution is 7.99. The number of H-pyrrole nitrogens is 1. The molecule has 5 nitrogen and oxygen atoms in total. The Morgan fingerprint density at radius 1 is 1.50 bits per heavy atom. The molecule has 0 saturated carbocycles. The van der Waals surface area contributed by atoms with Gasteiger partial charge in [-0.3, -0.25) is 9.89 Å². The molecular weight excluding hydrogens is 274 g/mol. The second-order valence-electron chi connectivity index (χ2n) is 3.55. The highest BCUT2D eigenvalue weighted by Gasteiger charge is 2.07. The fraction of sp³-hybridized carbons (Fsp3) is 0.182. The maximum atomic E-state index is 10.4. The molecule has 0 unspecified atom stereocenters. The van der Waals surface area contributed by atoms with Crippen LogP contribution in [-0.4, -0.2) is 32.0 Å². The van der Waals surface area contributed by atoms with Gasteiger partial charge in [0.25, 0.3) is 0 Å². The maximum absolute atomic E-state index is 10.4. The number of aromatic amines is 1. The summed E-state index contributed by atoms with van der Waals surface area (Å²) in [7, 11) is 0. The van der Waals surface area contributed by atoms with Gasteiger partial charge >= 0.3 is 5.97 Å². The van der Waals surface area contributed by atoms with Gasteiger partial charge in [-0.05, 0) is 17.7 Å². The lowest BCUT2D eigenvalue weighted by molar-refractivity contribution is -0.133. The van der Waals surface area contributed by atoms with Crippen molar-refractivity contribution in [2.75, 3.05) is 5.75 Å². The first-order valence-corrected chi connectivity index (χ1v) is 6.50. The lowest BCUT2D eigenvalue weighted by Crippen LogP contribution is -1.97. The first-order valence-electron chi connectivity index (χ1n) is 5.14. The smallest absolute Gasteiger partial charge is 0.313 e. The van der Waals surface area contributed by atoms with Gasteiger partial charge in [-0.2, -0.15) is 0 Å². The number of thioether (sulfide) groups is 1. The van der Waals surface area contributed by atoms with Crippen molar-refractivity contribution in [1.29, 1.82) is 0 Å². The fourth-order valence-electron chi connectivity index (χ4n) is 1.39. The van der Waals surface area contributed by atoms with Crippen molar-refractivity contribution in [2.45, 2.75) is 11.6 Å². The summed E-state index contributed by atoms with van der Waals surface area (Å²) in [6.45, 7) is 0. The van der Waals surface area contributed by atoms with Crippen LogP contribution in [0.4, 0.5) is 0 Å². The molecule has 0 spiro atoms. The van der Waals surface area contributed by atoms with E-state index in [4.69, 9.17) is 16.7 Å². The van der Waals surface area contributed by atoms with Crippen LogP contribution in [0.3, 0.4) is 0 Å². The average molecular weight is 284 g/mol. The Morgan fingerprint density at radius 2 is 2.33 bits per heavy atom. The Hall–Kier alpha value is -1.53. The van der Waals surface area contributed by atoms with E-state index in [0.717, 1.165) is 17.3 Å². The van der Waals surface area contributed by atoms with Crippen molar-refractivity contribution in [3.8, 4) is 0 Å². The van der Waals surface area contributed by atoms with Crippen LogP contribution in [0.5, 0.6) is 0 Å². The molecule has 0 atom stereocenters. The Kier molecular flexibility index (Phi) is 4.22. The van der Waals surface area contributed by atoms with E-state index in [1.807, 2.05) is 18.2 Å². The van der Waals surface area contributed by atoms with E-state index in [0.29, 0.717) is 22.4 Å². The van der Waals surface area contributed by atoms with Gasteiger partial charge in [0.05, 0.1) is 5.75 Å². The number of carboxylic acid groups (broad SMARTS) is 1. The summed E-state index contributed by atoms with van der Waals surface area (Å²) in [6, 6.07) is 7.47. The molecule has 0 saturated heterocycles. The largest absolute Gasteiger partial charge is 0.481 e. The minimum Gasteiger partial charge on any atom is -0.481 e. The van der Waals surface area contributed by atoms with Crippen LogP contribution < -0.4 is 0 Å². The number of hydrogen-bond donors (Lipinski definition) is 2. The lowest BCUT2D eigenvalue weighted by atomic mass is 10.1. The summed E-state index contributed by atoms with van der Waals surface area (Å²) < 4.78 is 0. The molecule has 0 fully saturated rings. The Balaban J connectivity index is 2.00. The van der Waals surface area contributed by atoms with Crippen molar-refractivity contribution in [3.05, 3.63) is 40.7 Å². The zero-order valence-corrected chi connectivity index (χ0v) is 10.8. The zero-order chi connectivity index (χ0) is 13.0. The number of aliphatic carboxylic acids is 1. The summed E-state index contributed by atoms with van der Waals surface area (Å²) in [6.07, 6.45) is 0.585. The number of carbonyl (C=O) groups is 1. The second-order valence-corrected chi connectivity index (χ2v) is 4.93. The van der Waals surface area contributed by atoms with E-state index in [9.17, 15) is 4.79 Å². The minimum absolute atomic E-state index is 0.0472. The molecule has 94 valence electrons. The third-order valence-corrected chi connectivity index (χ3v) is 3.16. The van der Waals surface area contributed by atoms with Gasteiger partial charge < -0.3 is 5.11 Å². The summed E-state index contributed by atoms with van der Waals surface area (Å²) >= 11 is 6.97. The molecule has 1 heterocycles. The maximum Gasteiger partial charge on any atom is 0.313 e. The Labute approximate surface area is 113 Å². The number of nitrogens with zero attached hydrogens (tertiary/aromatic N) is 2. The molecule has 0 bridgehead atoms. The SMILES string of the molecule is O=C(O)CSc1n[nH]c(Cc2cccc(Cl)c2)n1. The summed E-state index contributed by atoms with van der Waals surface area (Å²) in [5.74, 6) is -0.250. The third kappa shape index (κ3) is 3.75. The van der Waals surface area contributed by atoms with E-state index in [1.165, 1.54) is 0 Å². The van der Waals surface area contributed by atoms with Crippen LogP contribution in [0.25, 0.3) is 0 Å². The van der Waals surface area contributed by atoms with Crippen molar-refractivity contribution >= 4 is 29.3 Å². The molecular formula is C11H10ClN3O2S. The molecule has 0 aliphatic carbocycles. The molecule has 2 rings (SSSR count). The summed E-state index contributed by atoms with van der Waals surface area (Å²) in [5, 5.41) is 16.4. The molecule has 7 heteroatoms. The summed E-state index contributed by atoms with van der Waals surface area (Å²) in [4.78, 5) is 14.6. The molecule has 2 aromatic rings. The Bertz CT molecular complexity index is 559. The predicted molar refractivity (Wildman–Crippen MR) is 69.0 cm³/mol. The van der Waals surface area contributed by atoms with Crippen LogP contribution in [0, 0.1) is 0 Å². The van der Waals surface area contributed by atoms with Crippen LogP contribution >= 0.6 is 23.4 Å². The first-order chi connectivity index (χ1) is 8.63. The van der Waals surface area contributed by atoms with Crippen LogP contribution in [-0.2, 0) is 11.2 Å². The predicted octanol–water partition coefficient (Wildman–Crippen LogP) is 2.23. The molecule has 1 aromatic heterocycles. The monoisotopic (exact) mass is 283 g/mol. The minimum atomic E-state index is -0.888. The van der Waals surface area contributed by atoms with Crippen molar-refractivity contribution in [1.82, 2.24) is 15.2 Å². The number of hydrogen-bond acceptors (Lipinski definition) is 4. The van der Waals surface area contributed by atoms with Gasteiger partial charge in [0.2, 0.25) is 5.16 Å². The van der Waals surface area contributed by atoms with Crippen LogP contribution in [0.1, 0.15) is 11.4 Å². The van der Waals surface area contributed by atoms with Gasteiger partial charge in [-0.25, -0.2) is 4.98 Å². The van der Waals surface area contributed by atoms with E-state index in [-0.39, 0.29) is 5.75 Å². The molecule has 0 aliphatic heterocycles. The van der Waals surface area contributed by atoms with E-state index in [1.54, 1.807) is 6.07 Å². The van der Waals surface area contributed by atoms with Gasteiger partial charge in [0, 0.05) is 11.4 Å². The van der Waals surface area contributed by atoms with Gasteiger partial charge in [-0.1, -0.05) is 35.5 Å². The zero-order valence-electron chi connectivity index (χ0n) is 9.26. The third-order valence-electron chi connectivity index (χ3n) is 2.10. The lowest BCUT2D eigenvalue weighted by Gasteiger charge is -1.97. The van der Waals surface area contributed by atoms with Crippen molar-refractivity contribution in [2.24, 2.45) is 0 Å². The summed E-state index contributed by atoms with van der Waals surface area (Å²) in [5.41, 5.74) is 1.02. The molecule has 2 N–H and O–H groups in total. The number of nitrogens with one attached hydrogen (secondary N) is 1. The first kappa shape index (κ1) is 12.9. The molecule has 0 amide bonds. The van der Waals surface area contributed by atoms with Crippen LogP contribution in [0.15, 0.2) is 29.4 Å². The standard InChI is InChI=1S/C11H10ClN3O2S/c12-8-3-1-2-7(4-8)5-9-13-11(15-14-9)18-6-10(16)17/h1-4H,5-6H2,(H,16,17)(H,13,14,15). The number of carboxylic acids is 1. The van der Waals surface area contributed by atoms with Gasteiger partial charge in [0.1, 0.15) is 5.82 Å². The van der Waals surface area contributed by atoms with E-state index in [2.05, 4.69) is 15.2 Å².